The smallest absolute Gasteiger partial charge is 0.343 e. The molecule has 1 fully saturated rings. The number of carbonyl (C=O) groups is 2. The van der Waals surface area contributed by atoms with Gasteiger partial charge < -0.3 is 10.2 Å². The first-order valence-corrected chi connectivity index (χ1v) is 6.77. The van der Waals surface area contributed by atoms with Gasteiger partial charge in [0, 0.05) is 31.9 Å². The van der Waals surface area contributed by atoms with Crippen LogP contribution in [0, 0.1) is 0 Å². The van der Waals surface area contributed by atoms with Crippen LogP contribution in [0.15, 0.2) is 24.3 Å². The van der Waals surface area contributed by atoms with E-state index in [1.807, 2.05) is 4.90 Å². The Morgan fingerprint density at radius 3 is 2.23 bits per heavy atom. The Balaban J connectivity index is 1.83. The number of halogens is 3. The van der Waals surface area contributed by atoms with Crippen molar-refractivity contribution in [2.24, 2.45) is 0 Å². The van der Waals surface area contributed by atoms with Gasteiger partial charge in [-0.1, -0.05) is 0 Å². The first kappa shape index (κ1) is 16.3. The topological polar surface area (TPSA) is 52.7 Å². The lowest BCUT2D eigenvalue weighted by atomic mass is 10.2. The predicted octanol–water partition coefficient (Wildman–Crippen LogP) is 1.42. The summed E-state index contributed by atoms with van der Waals surface area (Å²) < 4.78 is 37.3. The highest BCUT2D eigenvalue weighted by Gasteiger charge is 2.30. The molecule has 1 N–H and O–H groups in total. The molecule has 1 heterocycles. The molecule has 8 heteroatoms. The Kier molecular flexibility index (Phi) is 5.02. The summed E-state index contributed by atoms with van der Waals surface area (Å²) in [4.78, 5) is 25.9. The van der Waals surface area contributed by atoms with Gasteiger partial charge in [-0.05, 0) is 24.3 Å². The molecule has 2 rings (SSSR count). The number of nitrogens with one attached hydrogen (secondary N) is 1. The van der Waals surface area contributed by atoms with Crippen LogP contribution in [0.1, 0.15) is 5.56 Å². The van der Waals surface area contributed by atoms with E-state index in [2.05, 4.69) is 5.32 Å². The molecular weight excluding hydrogens is 299 g/mol. The molecule has 0 spiro atoms. The van der Waals surface area contributed by atoms with E-state index in [1.165, 1.54) is 12.1 Å². The largest absolute Gasteiger partial charge is 0.416 e. The van der Waals surface area contributed by atoms with Gasteiger partial charge >= 0.3 is 6.18 Å². The lowest BCUT2D eigenvalue weighted by Gasteiger charge is -2.31. The minimum Gasteiger partial charge on any atom is -0.343 e. The highest BCUT2D eigenvalue weighted by atomic mass is 19.4. The van der Waals surface area contributed by atoms with Gasteiger partial charge in [-0.25, -0.2) is 0 Å². The van der Waals surface area contributed by atoms with Crippen LogP contribution in [0.3, 0.4) is 0 Å². The van der Waals surface area contributed by atoms with E-state index in [-0.39, 0.29) is 12.5 Å². The number of hydrogen-bond acceptors (Lipinski definition) is 3. The standard InChI is InChI=1S/C14H16F3N3O2/c15-14(16,17)11-1-3-12(4-2-11)18-13(22)9-19-5-7-20(10-21)8-6-19/h1-4,10H,5-9H2,(H,18,22). The molecule has 5 nitrogen and oxygen atoms in total. The van der Waals surface area contributed by atoms with E-state index < -0.39 is 11.7 Å². The summed E-state index contributed by atoms with van der Waals surface area (Å²) in [7, 11) is 0. The fourth-order valence-corrected chi connectivity index (χ4v) is 2.17. The van der Waals surface area contributed by atoms with Crippen molar-refractivity contribution in [1.29, 1.82) is 0 Å². The molecule has 2 amide bonds. The van der Waals surface area contributed by atoms with Crippen LogP contribution in [-0.2, 0) is 15.8 Å². The zero-order valence-electron chi connectivity index (χ0n) is 11.8. The molecule has 1 aromatic rings. The molecule has 1 aliphatic rings. The van der Waals surface area contributed by atoms with Crippen molar-refractivity contribution in [2.45, 2.75) is 6.18 Å². The Morgan fingerprint density at radius 1 is 1.14 bits per heavy atom. The minimum atomic E-state index is -4.39. The fraction of sp³-hybridized carbons (Fsp3) is 0.429. The molecule has 1 aliphatic heterocycles. The molecule has 0 unspecified atom stereocenters. The molecule has 0 atom stereocenters. The summed E-state index contributed by atoms with van der Waals surface area (Å²) in [5.74, 6) is -0.292. The van der Waals surface area contributed by atoms with Gasteiger partial charge in [0.15, 0.2) is 0 Å². The summed E-state index contributed by atoms with van der Waals surface area (Å²) in [5, 5.41) is 2.56. The van der Waals surface area contributed by atoms with Crippen LogP contribution >= 0.6 is 0 Å². The van der Waals surface area contributed by atoms with Gasteiger partial charge in [0.25, 0.3) is 0 Å². The first-order chi connectivity index (χ1) is 10.4. The summed E-state index contributed by atoms with van der Waals surface area (Å²) in [6.45, 7) is 2.47. The van der Waals surface area contributed by atoms with Crippen LogP contribution in [0.4, 0.5) is 18.9 Å². The van der Waals surface area contributed by atoms with Gasteiger partial charge in [0.2, 0.25) is 12.3 Å². The van der Waals surface area contributed by atoms with Crippen LogP contribution in [-0.4, -0.2) is 54.8 Å². The SMILES string of the molecule is O=CN1CCN(CC(=O)Nc2ccc(C(F)(F)F)cc2)CC1. The zero-order valence-corrected chi connectivity index (χ0v) is 11.8. The van der Waals surface area contributed by atoms with Gasteiger partial charge in [0.1, 0.15) is 0 Å². The monoisotopic (exact) mass is 315 g/mol. The highest BCUT2D eigenvalue weighted by molar-refractivity contribution is 5.92. The third kappa shape index (κ3) is 4.45. The number of nitrogens with zero attached hydrogens (tertiary/aromatic N) is 2. The minimum absolute atomic E-state index is 0.147. The van der Waals surface area contributed by atoms with Gasteiger partial charge in [0.05, 0.1) is 12.1 Å². The quantitative estimate of drug-likeness (QED) is 0.855. The summed E-state index contributed by atoms with van der Waals surface area (Å²) in [6, 6.07) is 4.31. The highest BCUT2D eigenvalue weighted by Crippen LogP contribution is 2.29. The van der Waals surface area contributed by atoms with Gasteiger partial charge in [-0.2, -0.15) is 13.2 Å². The van der Waals surface area contributed by atoms with Crippen LogP contribution in [0.2, 0.25) is 0 Å². The van der Waals surface area contributed by atoms with E-state index in [0.717, 1.165) is 18.5 Å². The second kappa shape index (κ2) is 6.78. The molecule has 0 saturated carbocycles. The second-order valence-electron chi connectivity index (χ2n) is 5.04. The Bertz CT molecular complexity index is 523. The van der Waals surface area contributed by atoms with Crippen molar-refractivity contribution in [1.82, 2.24) is 9.80 Å². The molecule has 0 radical (unpaired) electrons. The normalized spacial score (nSPS) is 16.4. The van der Waals surface area contributed by atoms with E-state index in [0.29, 0.717) is 31.9 Å². The Labute approximate surface area is 125 Å². The predicted molar refractivity (Wildman–Crippen MR) is 74.2 cm³/mol. The maximum Gasteiger partial charge on any atom is 0.416 e. The molecule has 0 aromatic heterocycles. The van der Waals surface area contributed by atoms with Crippen molar-refractivity contribution in [3.05, 3.63) is 29.8 Å². The molecular formula is C14H16F3N3O2. The average Bonchev–Trinajstić information content (AvgIpc) is 2.47. The van der Waals surface area contributed by atoms with Crippen molar-refractivity contribution in [2.75, 3.05) is 38.0 Å². The van der Waals surface area contributed by atoms with Crippen LogP contribution in [0.5, 0.6) is 0 Å². The number of rotatable bonds is 4. The second-order valence-corrected chi connectivity index (χ2v) is 5.04. The lowest BCUT2D eigenvalue weighted by molar-refractivity contribution is -0.137. The van der Waals surface area contributed by atoms with Crippen molar-refractivity contribution in [3.8, 4) is 0 Å². The average molecular weight is 315 g/mol. The number of piperazine rings is 1. The number of anilines is 1. The summed E-state index contributed by atoms with van der Waals surface area (Å²) in [6.07, 6.45) is -3.61. The van der Waals surface area contributed by atoms with Crippen molar-refractivity contribution >= 4 is 18.0 Å². The molecule has 0 aliphatic carbocycles. The number of hydrogen-bond donors (Lipinski definition) is 1. The molecule has 120 valence electrons. The molecule has 1 saturated heterocycles. The lowest BCUT2D eigenvalue weighted by Crippen LogP contribution is -2.48. The first-order valence-electron chi connectivity index (χ1n) is 6.77. The van der Waals surface area contributed by atoms with Crippen LogP contribution < -0.4 is 5.32 Å². The maximum absolute atomic E-state index is 12.4. The number of benzene rings is 1. The maximum atomic E-state index is 12.4. The van der Waals surface area contributed by atoms with E-state index in [1.54, 1.807) is 4.90 Å². The van der Waals surface area contributed by atoms with Crippen molar-refractivity contribution in [3.63, 3.8) is 0 Å². The number of alkyl halides is 3. The van der Waals surface area contributed by atoms with Gasteiger partial charge in [-0.3, -0.25) is 14.5 Å². The van der Waals surface area contributed by atoms with Gasteiger partial charge in [-0.15, -0.1) is 0 Å². The Morgan fingerprint density at radius 2 is 1.73 bits per heavy atom. The Hall–Kier alpha value is -2.09. The number of amides is 2. The van der Waals surface area contributed by atoms with Crippen molar-refractivity contribution < 1.29 is 22.8 Å². The van der Waals surface area contributed by atoms with E-state index >= 15 is 0 Å². The van der Waals surface area contributed by atoms with E-state index in [4.69, 9.17) is 0 Å². The van der Waals surface area contributed by atoms with Crippen LogP contribution in [0.25, 0.3) is 0 Å². The zero-order chi connectivity index (χ0) is 16.2. The fourth-order valence-electron chi connectivity index (χ4n) is 2.17. The summed E-state index contributed by atoms with van der Waals surface area (Å²) in [5.41, 5.74) is -0.431. The number of carbonyl (C=O) groups excluding carboxylic acids is 2. The molecule has 0 bridgehead atoms. The third-order valence-corrected chi connectivity index (χ3v) is 3.42. The van der Waals surface area contributed by atoms with E-state index in [9.17, 15) is 22.8 Å². The third-order valence-electron chi connectivity index (χ3n) is 3.42. The summed E-state index contributed by atoms with van der Waals surface area (Å²) >= 11 is 0. The molecule has 1 aromatic carbocycles. The molecule has 22 heavy (non-hydrogen) atoms.